The quantitative estimate of drug-likeness (QED) is 0.437. The van der Waals surface area contributed by atoms with Crippen LogP contribution < -0.4 is 10.5 Å². The Hall–Kier alpha value is -4.03. The fourth-order valence-corrected chi connectivity index (χ4v) is 4.09. The van der Waals surface area contributed by atoms with Gasteiger partial charge in [0.1, 0.15) is 5.82 Å². The second-order valence-corrected chi connectivity index (χ2v) is 8.29. The van der Waals surface area contributed by atoms with Crippen LogP contribution in [0, 0.1) is 5.92 Å². The van der Waals surface area contributed by atoms with Gasteiger partial charge in [-0.1, -0.05) is 12.1 Å². The van der Waals surface area contributed by atoms with Crippen LogP contribution in [0.3, 0.4) is 0 Å². The monoisotopic (exact) mass is 487 g/mol. The largest absolute Gasteiger partial charge is 0.454 e. The third-order valence-electron chi connectivity index (χ3n) is 5.96. The molecule has 0 saturated carbocycles. The van der Waals surface area contributed by atoms with Gasteiger partial charge in [-0.15, -0.1) is 15.3 Å². The molecule has 0 bridgehead atoms. The molecule has 10 nitrogen and oxygen atoms in total. The van der Waals surface area contributed by atoms with Crippen LogP contribution in [-0.4, -0.2) is 48.8 Å². The molecule has 4 heterocycles. The number of carbonyl (C=O) groups is 1. The topological polar surface area (TPSA) is 118 Å². The molecule has 0 unspecified atom stereocenters. The van der Waals surface area contributed by atoms with Crippen molar-refractivity contribution in [1.29, 1.82) is 0 Å². The van der Waals surface area contributed by atoms with Gasteiger partial charge in [0, 0.05) is 13.1 Å². The van der Waals surface area contributed by atoms with Crippen LogP contribution in [0.15, 0.2) is 41.2 Å². The average Bonchev–Trinajstić information content (AvgIpc) is 3.28. The minimum Gasteiger partial charge on any atom is -0.454 e. The van der Waals surface area contributed by atoms with E-state index in [0.29, 0.717) is 47.2 Å². The summed E-state index contributed by atoms with van der Waals surface area (Å²) >= 11 is 0. The Bertz CT molecular complexity index is 1460. The number of ether oxygens (including phenoxy) is 1. The first-order valence-electron chi connectivity index (χ1n) is 10.9. The summed E-state index contributed by atoms with van der Waals surface area (Å²) < 4.78 is 45.7. The molecule has 4 aromatic rings. The molecule has 1 N–H and O–H groups in total. The van der Waals surface area contributed by atoms with Gasteiger partial charge in [-0.25, -0.2) is 4.98 Å². The zero-order valence-corrected chi connectivity index (χ0v) is 18.5. The Morgan fingerprint density at radius 1 is 1.14 bits per heavy atom. The highest BCUT2D eigenvalue weighted by Crippen LogP contribution is 2.29. The fraction of sp³-hybridized carbons (Fsp3) is 0.364. The first-order valence-corrected chi connectivity index (χ1v) is 10.9. The Morgan fingerprint density at radius 3 is 2.63 bits per heavy atom. The number of hydrogen-bond acceptors (Lipinski definition) is 8. The van der Waals surface area contributed by atoms with E-state index in [9.17, 15) is 22.8 Å². The number of piperidine rings is 1. The molecule has 1 aliphatic rings. The maximum Gasteiger partial charge on any atom is 0.453 e. The molecule has 182 valence electrons. The van der Waals surface area contributed by atoms with Crippen molar-refractivity contribution in [3.63, 3.8) is 0 Å². The van der Waals surface area contributed by atoms with E-state index in [0.717, 1.165) is 0 Å². The van der Waals surface area contributed by atoms with Crippen molar-refractivity contribution in [2.75, 3.05) is 18.0 Å². The second kappa shape index (κ2) is 8.64. The highest BCUT2D eigenvalue weighted by atomic mass is 19.4. The maximum atomic E-state index is 13.1. The average molecular weight is 487 g/mol. The van der Waals surface area contributed by atoms with Crippen LogP contribution in [0.1, 0.15) is 37.5 Å². The number of fused-ring (bicyclic) bond motifs is 2. The van der Waals surface area contributed by atoms with E-state index in [1.54, 1.807) is 42.2 Å². The van der Waals surface area contributed by atoms with Crippen molar-refractivity contribution < 1.29 is 22.7 Å². The smallest absolute Gasteiger partial charge is 0.453 e. The molecule has 13 heteroatoms. The number of anilines is 1. The molecular formula is C22H20F3N7O3. The van der Waals surface area contributed by atoms with Crippen LogP contribution in [-0.2, 0) is 15.7 Å². The summed E-state index contributed by atoms with van der Waals surface area (Å²) in [4.78, 5) is 33.9. The normalized spacial score (nSPS) is 16.1. The van der Waals surface area contributed by atoms with Crippen LogP contribution in [0.2, 0.25) is 0 Å². The Labute approximate surface area is 195 Å². The number of esters is 1. The van der Waals surface area contributed by atoms with Gasteiger partial charge in [0.05, 0.1) is 16.8 Å². The molecule has 1 aliphatic heterocycles. The number of H-pyrrole nitrogens is 1. The number of carbonyl (C=O) groups excluding carboxylic acids is 1. The number of nitrogens with zero attached hydrogens (tertiary/aromatic N) is 6. The molecule has 35 heavy (non-hydrogen) atoms. The maximum absolute atomic E-state index is 13.1. The number of aromatic amines is 1. The number of para-hydroxylation sites is 1. The molecule has 5 rings (SSSR count). The van der Waals surface area contributed by atoms with Crippen molar-refractivity contribution in [2.24, 2.45) is 5.92 Å². The van der Waals surface area contributed by atoms with Gasteiger partial charge < -0.3 is 14.6 Å². The lowest BCUT2D eigenvalue weighted by atomic mass is 9.97. The lowest BCUT2D eigenvalue weighted by Crippen LogP contribution is -2.38. The van der Waals surface area contributed by atoms with Crippen LogP contribution in [0.25, 0.3) is 16.6 Å². The van der Waals surface area contributed by atoms with Crippen molar-refractivity contribution in [1.82, 2.24) is 29.8 Å². The SMILES string of the molecule is C[C@H](OC(=O)C1CCN(c2ccc3nnc(C(F)(F)F)n3n2)CC1)c1nc2ccccc2c(=O)[nH]1. The Balaban J connectivity index is 1.24. The van der Waals surface area contributed by atoms with Crippen molar-refractivity contribution >= 4 is 28.3 Å². The van der Waals surface area contributed by atoms with Crippen LogP contribution in [0.5, 0.6) is 0 Å². The van der Waals surface area contributed by atoms with Crippen LogP contribution >= 0.6 is 0 Å². The Morgan fingerprint density at radius 2 is 1.89 bits per heavy atom. The molecular weight excluding hydrogens is 467 g/mol. The molecule has 0 aliphatic carbocycles. The Kier molecular flexibility index (Phi) is 5.61. The highest BCUT2D eigenvalue weighted by Gasteiger charge is 2.38. The second-order valence-electron chi connectivity index (χ2n) is 8.29. The predicted octanol–water partition coefficient (Wildman–Crippen LogP) is 2.90. The van der Waals surface area contributed by atoms with E-state index in [4.69, 9.17) is 4.74 Å². The zero-order valence-electron chi connectivity index (χ0n) is 18.5. The molecule has 1 saturated heterocycles. The third-order valence-corrected chi connectivity index (χ3v) is 5.96. The van der Waals surface area contributed by atoms with Gasteiger partial charge in [0.25, 0.3) is 11.4 Å². The number of hydrogen-bond donors (Lipinski definition) is 1. The van der Waals surface area contributed by atoms with Gasteiger partial charge >= 0.3 is 12.1 Å². The highest BCUT2D eigenvalue weighted by molar-refractivity contribution is 5.77. The van der Waals surface area contributed by atoms with Crippen molar-refractivity contribution in [3.8, 4) is 0 Å². The molecule has 3 aromatic heterocycles. The lowest BCUT2D eigenvalue weighted by molar-refractivity contribution is -0.154. The van der Waals surface area contributed by atoms with E-state index < -0.39 is 30.0 Å². The first-order chi connectivity index (χ1) is 16.7. The molecule has 0 spiro atoms. The molecule has 0 amide bonds. The summed E-state index contributed by atoms with van der Waals surface area (Å²) in [5.41, 5.74) is 0.190. The standard InChI is InChI=1S/C22H20F3N7O3/c1-12(18-26-15-5-3-2-4-14(15)19(33)27-18)35-20(34)13-8-10-31(11-9-13)17-7-6-16-28-29-21(22(23,24)25)32(16)30-17/h2-7,12-13H,8-11H2,1H3,(H,26,27,33)/t12-/m0/s1. The van der Waals surface area contributed by atoms with Crippen molar-refractivity contribution in [2.45, 2.75) is 32.0 Å². The van der Waals surface area contributed by atoms with Gasteiger partial charge in [-0.3, -0.25) is 9.59 Å². The van der Waals surface area contributed by atoms with E-state index in [1.807, 2.05) is 0 Å². The number of halogens is 3. The summed E-state index contributed by atoms with van der Waals surface area (Å²) in [7, 11) is 0. The molecule has 1 atom stereocenters. The summed E-state index contributed by atoms with van der Waals surface area (Å²) in [6, 6.07) is 9.87. The zero-order chi connectivity index (χ0) is 24.7. The summed E-state index contributed by atoms with van der Waals surface area (Å²) in [5.74, 6) is -1.42. The minimum atomic E-state index is -4.68. The van der Waals surface area contributed by atoms with Gasteiger partial charge in [0.2, 0.25) is 0 Å². The molecule has 1 aromatic carbocycles. The number of nitrogens with one attached hydrogen (secondary N) is 1. The van der Waals surface area contributed by atoms with E-state index in [1.165, 1.54) is 6.07 Å². The number of alkyl halides is 3. The minimum absolute atomic E-state index is 0.00568. The predicted molar refractivity (Wildman–Crippen MR) is 118 cm³/mol. The van der Waals surface area contributed by atoms with Crippen molar-refractivity contribution in [3.05, 3.63) is 58.4 Å². The fourth-order valence-electron chi connectivity index (χ4n) is 4.09. The summed E-state index contributed by atoms with van der Waals surface area (Å²) in [6.45, 7) is 2.44. The van der Waals surface area contributed by atoms with E-state index in [-0.39, 0.29) is 17.0 Å². The molecule has 1 fully saturated rings. The number of aromatic nitrogens is 6. The van der Waals surface area contributed by atoms with Gasteiger partial charge in [-0.2, -0.15) is 17.7 Å². The van der Waals surface area contributed by atoms with Gasteiger partial charge in [0.15, 0.2) is 17.6 Å². The van der Waals surface area contributed by atoms with Crippen LogP contribution in [0.4, 0.5) is 19.0 Å². The molecule has 0 radical (unpaired) electrons. The summed E-state index contributed by atoms with van der Waals surface area (Å²) in [5, 5.41) is 11.2. The van der Waals surface area contributed by atoms with Gasteiger partial charge in [-0.05, 0) is 44.0 Å². The first kappa shape index (κ1) is 22.7. The third kappa shape index (κ3) is 4.40. The van der Waals surface area contributed by atoms with E-state index >= 15 is 0 Å². The van der Waals surface area contributed by atoms with E-state index in [2.05, 4.69) is 25.3 Å². The number of rotatable bonds is 4. The summed E-state index contributed by atoms with van der Waals surface area (Å²) in [6.07, 6.45) is -4.57. The lowest BCUT2D eigenvalue weighted by Gasteiger charge is -2.32. The number of benzene rings is 1.